The Bertz CT molecular complexity index is 193. The second kappa shape index (κ2) is 4.06. The largest absolute Gasteiger partial charge is 0.383 e. The molecule has 0 spiro atoms. The second-order valence-electron chi connectivity index (χ2n) is 2.52. The number of carbonyl (C=O) groups is 2. The van der Waals surface area contributed by atoms with Crippen LogP contribution in [-0.4, -0.2) is 43.6 Å². The fourth-order valence-corrected chi connectivity index (χ4v) is 0.968. The van der Waals surface area contributed by atoms with Crippen molar-refractivity contribution in [3.63, 3.8) is 0 Å². The van der Waals surface area contributed by atoms with Crippen molar-refractivity contribution in [3.05, 3.63) is 0 Å². The molecule has 1 radical (unpaired) electrons. The molecule has 1 saturated heterocycles. The summed E-state index contributed by atoms with van der Waals surface area (Å²) in [4.78, 5) is 23.1. The topological polar surface area (TPSA) is 60.7 Å². The van der Waals surface area contributed by atoms with Crippen molar-refractivity contribution in [3.8, 4) is 0 Å². The van der Waals surface area contributed by atoms with E-state index in [1.54, 1.807) is 7.11 Å². The van der Waals surface area contributed by atoms with Gasteiger partial charge in [-0.3, -0.25) is 4.79 Å². The first-order valence-electron chi connectivity index (χ1n) is 3.76. The van der Waals surface area contributed by atoms with E-state index in [9.17, 15) is 9.59 Å². The Kier molecular flexibility index (Phi) is 3.04. The summed E-state index contributed by atoms with van der Waals surface area (Å²) in [5.41, 5.74) is 0. The number of methoxy groups -OCH3 is 1. The molecule has 1 aliphatic rings. The van der Waals surface area contributed by atoms with Crippen molar-refractivity contribution in [2.45, 2.75) is 6.42 Å². The van der Waals surface area contributed by atoms with Crippen LogP contribution < -0.4 is 5.32 Å². The van der Waals surface area contributed by atoms with Crippen LogP contribution in [0.3, 0.4) is 0 Å². The lowest BCUT2D eigenvalue weighted by atomic mass is 10.3. The zero-order valence-electron chi connectivity index (χ0n) is 6.95. The highest BCUT2D eigenvalue weighted by Gasteiger charge is 2.23. The molecular formula is C7H11N2O3. The van der Waals surface area contributed by atoms with Crippen molar-refractivity contribution in [2.24, 2.45) is 0 Å². The summed E-state index contributed by atoms with van der Waals surface area (Å²) in [6.07, 6.45) is 0.329. The van der Waals surface area contributed by atoms with E-state index in [1.807, 2.05) is 0 Å². The van der Waals surface area contributed by atoms with Crippen molar-refractivity contribution in [1.82, 2.24) is 10.2 Å². The Labute approximate surface area is 70.7 Å². The summed E-state index contributed by atoms with van der Waals surface area (Å²) >= 11 is 0. The maximum atomic E-state index is 11.0. The van der Waals surface area contributed by atoms with E-state index >= 15 is 0 Å². The van der Waals surface area contributed by atoms with Gasteiger partial charge in [0.1, 0.15) is 0 Å². The maximum absolute atomic E-state index is 11.0. The average molecular weight is 171 g/mol. The number of nitrogens with zero attached hydrogens (tertiary/aromatic N) is 2. The predicted octanol–water partition coefficient (Wildman–Crippen LogP) is -0.411. The third-order valence-electron chi connectivity index (χ3n) is 1.65. The molecule has 0 aromatic rings. The molecule has 0 bridgehead atoms. The molecule has 5 nitrogen and oxygen atoms in total. The highest BCUT2D eigenvalue weighted by atomic mass is 16.5. The molecule has 3 amide bonds. The van der Waals surface area contributed by atoms with E-state index in [1.165, 1.54) is 4.90 Å². The number of hydrogen-bond donors (Lipinski definition) is 0. The van der Waals surface area contributed by atoms with Gasteiger partial charge in [0, 0.05) is 26.6 Å². The van der Waals surface area contributed by atoms with Gasteiger partial charge in [0.15, 0.2) is 0 Å². The number of rotatable bonds is 3. The van der Waals surface area contributed by atoms with Gasteiger partial charge >= 0.3 is 6.03 Å². The third-order valence-corrected chi connectivity index (χ3v) is 1.65. The number of imide groups is 1. The third kappa shape index (κ3) is 2.20. The maximum Gasteiger partial charge on any atom is 0.346 e. The van der Waals surface area contributed by atoms with E-state index in [-0.39, 0.29) is 5.91 Å². The van der Waals surface area contributed by atoms with Gasteiger partial charge in [0.2, 0.25) is 0 Å². The quantitative estimate of drug-likeness (QED) is 0.580. The van der Waals surface area contributed by atoms with Gasteiger partial charge in [-0.25, -0.2) is 4.79 Å². The van der Waals surface area contributed by atoms with Crippen LogP contribution >= 0.6 is 0 Å². The van der Waals surface area contributed by atoms with Crippen LogP contribution in [0.1, 0.15) is 6.42 Å². The van der Waals surface area contributed by atoms with Crippen LogP contribution in [0, 0.1) is 0 Å². The highest BCUT2D eigenvalue weighted by Crippen LogP contribution is 2.00. The molecule has 0 aromatic heterocycles. The number of hydrogen-bond acceptors (Lipinski definition) is 3. The normalized spacial score (nSPS) is 17.9. The molecular weight excluding hydrogens is 160 g/mol. The van der Waals surface area contributed by atoms with Crippen molar-refractivity contribution in [2.75, 3.05) is 26.8 Å². The van der Waals surface area contributed by atoms with Gasteiger partial charge in [0.25, 0.3) is 5.91 Å². The smallest absolute Gasteiger partial charge is 0.346 e. The van der Waals surface area contributed by atoms with E-state index in [2.05, 4.69) is 5.32 Å². The Morgan fingerprint density at radius 1 is 1.58 bits per heavy atom. The molecule has 5 heteroatoms. The lowest BCUT2D eigenvalue weighted by molar-refractivity contribution is -0.121. The minimum atomic E-state index is -0.441. The zero-order valence-corrected chi connectivity index (χ0v) is 6.95. The first kappa shape index (κ1) is 8.99. The summed E-state index contributed by atoms with van der Waals surface area (Å²) in [6, 6.07) is -0.441. The minimum Gasteiger partial charge on any atom is -0.383 e. The molecule has 1 rings (SSSR count). The predicted molar refractivity (Wildman–Crippen MR) is 40.6 cm³/mol. The Morgan fingerprint density at radius 2 is 2.33 bits per heavy atom. The van der Waals surface area contributed by atoms with Crippen molar-refractivity contribution >= 4 is 11.9 Å². The van der Waals surface area contributed by atoms with Crippen LogP contribution in [0.25, 0.3) is 0 Å². The Morgan fingerprint density at radius 3 is 2.92 bits per heavy atom. The Balaban J connectivity index is 2.35. The van der Waals surface area contributed by atoms with E-state index < -0.39 is 6.03 Å². The monoisotopic (exact) mass is 171 g/mol. The summed E-state index contributed by atoms with van der Waals surface area (Å²) in [7, 11) is 1.57. The summed E-state index contributed by atoms with van der Waals surface area (Å²) < 4.78 is 4.80. The van der Waals surface area contributed by atoms with Gasteiger partial charge in [0.05, 0.1) is 6.61 Å². The molecule has 0 N–H and O–H groups in total. The average Bonchev–Trinajstić information content (AvgIpc) is 2.03. The molecule has 12 heavy (non-hydrogen) atoms. The van der Waals surface area contributed by atoms with Crippen LogP contribution in [0.2, 0.25) is 0 Å². The molecule has 0 unspecified atom stereocenters. The van der Waals surface area contributed by atoms with Gasteiger partial charge in [-0.05, 0) is 0 Å². The SMILES string of the molecule is COCCN1CCC(=O)[N]C1=O. The Hall–Kier alpha value is -1.10. The highest BCUT2D eigenvalue weighted by molar-refractivity contribution is 5.96. The summed E-state index contributed by atoms with van der Waals surface area (Å²) in [5, 5.41) is 3.31. The van der Waals surface area contributed by atoms with E-state index in [4.69, 9.17) is 4.74 Å². The number of carbonyl (C=O) groups excluding carboxylic acids is 2. The van der Waals surface area contributed by atoms with E-state index in [0.717, 1.165) is 0 Å². The van der Waals surface area contributed by atoms with Gasteiger partial charge in [-0.15, -0.1) is 0 Å². The van der Waals surface area contributed by atoms with Crippen molar-refractivity contribution in [1.29, 1.82) is 0 Å². The zero-order chi connectivity index (χ0) is 8.97. The summed E-state index contributed by atoms with van der Waals surface area (Å²) in [5.74, 6) is -0.325. The molecule has 1 fully saturated rings. The fraction of sp³-hybridized carbons (Fsp3) is 0.714. The fourth-order valence-electron chi connectivity index (χ4n) is 0.968. The first-order chi connectivity index (χ1) is 5.74. The van der Waals surface area contributed by atoms with Crippen LogP contribution in [0.4, 0.5) is 4.79 Å². The summed E-state index contributed by atoms with van der Waals surface area (Å²) in [6.45, 7) is 1.45. The standard InChI is InChI=1S/C7H11N2O3/c1-12-5-4-9-3-2-6(10)8-7(9)11/h2-5H2,1H3. The first-order valence-corrected chi connectivity index (χ1v) is 3.76. The lowest BCUT2D eigenvalue weighted by Gasteiger charge is -2.24. The van der Waals surface area contributed by atoms with Gasteiger partial charge in [-0.1, -0.05) is 0 Å². The second-order valence-corrected chi connectivity index (χ2v) is 2.52. The van der Waals surface area contributed by atoms with Crippen LogP contribution in [0.5, 0.6) is 0 Å². The molecule has 1 heterocycles. The molecule has 67 valence electrons. The molecule has 0 atom stereocenters. The molecule has 0 saturated carbocycles. The van der Waals surface area contributed by atoms with Crippen LogP contribution in [-0.2, 0) is 9.53 Å². The minimum absolute atomic E-state index is 0.325. The van der Waals surface area contributed by atoms with Gasteiger partial charge < -0.3 is 9.64 Å². The molecule has 1 aliphatic heterocycles. The molecule has 0 aliphatic carbocycles. The van der Waals surface area contributed by atoms with Crippen molar-refractivity contribution < 1.29 is 14.3 Å². The number of urea groups is 1. The number of ether oxygens (including phenoxy) is 1. The number of amides is 3. The lowest BCUT2D eigenvalue weighted by Crippen LogP contribution is -2.46. The van der Waals surface area contributed by atoms with Gasteiger partial charge in [-0.2, -0.15) is 5.32 Å². The van der Waals surface area contributed by atoms with E-state index in [0.29, 0.717) is 26.1 Å². The molecule has 0 aromatic carbocycles. The van der Waals surface area contributed by atoms with Crippen LogP contribution in [0.15, 0.2) is 0 Å².